The molecule has 0 aromatic heterocycles. The highest BCUT2D eigenvalue weighted by atomic mass is 35.5. The number of aryl methyl sites for hydroxylation is 1. The van der Waals surface area contributed by atoms with Crippen molar-refractivity contribution in [2.45, 2.75) is 46.1 Å². The lowest BCUT2D eigenvalue weighted by Crippen LogP contribution is -2.37. The summed E-state index contributed by atoms with van der Waals surface area (Å²) >= 11 is 12.1. The SMILES string of the molecule is CNC(CCCc1cc(Cl)ccc1Cl)C(C)(C)C. The highest BCUT2D eigenvalue weighted by molar-refractivity contribution is 6.33. The summed E-state index contributed by atoms with van der Waals surface area (Å²) in [5.74, 6) is 0. The smallest absolute Gasteiger partial charge is 0.0439 e. The summed E-state index contributed by atoms with van der Waals surface area (Å²) < 4.78 is 0. The van der Waals surface area contributed by atoms with Crippen LogP contribution in [0.2, 0.25) is 10.0 Å². The van der Waals surface area contributed by atoms with Crippen LogP contribution in [-0.2, 0) is 6.42 Å². The van der Waals surface area contributed by atoms with E-state index in [0.717, 1.165) is 34.9 Å². The largest absolute Gasteiger partial charge is 0.316 e. The third-order valence-corrected chi connectivity index (χ3v) is 3.94. The van der Waals surface area contributed by atoms with Crippen LogP contribution in [0, 0.1) is 5.41 Å². The molecule has 0 spiro atoms. The van der Waals surface area contributed by atoms with Crippen LogP contribution in [0.3, 0.4) is 0 Å². The van der Waals surface area contributed by atoms with Crippen LogP contribution in [0.25, 0.3) is 0 Å². The molecule has 1 atom stereocenters. The molecule has 0 aliphatic carbocycles. The van der Waals surface area contributed by atoms with E-state index >= 15 is 0 Å². The third-order valence-electron chi connectivity index (χ3n) is 3.34. The summed E-state index contributed by atoms with van der Waals surface area (Å²) in [6, 6.07) is 6.20. The van der Waals surface area contributed by atoms with Gasteiger partial charge in [-0.15, -0.1) is 0 Å². The van der Waals surface area contributed by atoms with E-state index < -0.39 is 0 Å². The number of halogens is 2. The van der Waals surface area contributed by atoms with E-state index in [9.17, 15) is 0 Å². The van der Waals surface area contributed by atoms with Crippen LogP contribution >= 0.6 is 23.2 Å². The van der Waals surface area contributed by atoms with Gasteiger partial charge in [0.2, 0.25) is 0 Å². The van der Waals surface area contributed by atoms with Crippen molar-refractivity contribution in [3.05, 3.63) is 33.8 Å². The first-order chi connectivity index (χ1) is 8.34. The van der Waals surface area contributed by atoms with Crippen molar-refractivity contribution in [3.63, 3.8) is 0 Å². The Balaban J connectivity index is 2.53. The molecule has 102 valence electrons. The average molecular weight is 288 g/mol. The van der Waals surface area contributed by atoms with Crippen LogP contribution in [0.1, 0.15) is 39.2 Å². The summed E-state index contributed by atoms with van der Waals surface area (Å²) in [4.78, 5) is 0. The first kappa shape index (κ1) is 15.8. The lowest BCUT2D eigenvalue weighted by atomic mass is 9.83. The fourth-order valence-electron chi connectivity index (χ4n) is 2.24. The topological polar surface area (TPSA) is 12.0 Å². The van der Waals surface area contributed by atoms with Gasteiger partial charge in [0, 0.05) is 16.1 Å². The molecule has 1 nitrogen and oxygen atoms in total. The molecule has 1 unspecified atom stereocenters. The zero-order valence-corrected chi connectivity index (χ0v) is 13.2. The fourth-order valence-corrected chi connectivity index (χ4v) is 2.65. The molecule has 0 bridgehead atoms. The predicted molar refractivity (Wildman–Crippen MR) is 81.7 cm³/mol. The number of rotatable bonds is 5. The van der Waals surface area contributed by atoms with Crippen molar-refractivity contribution < 1.29 is 0 Å². The molecule has 0 aliphatic heterocycles. The van der Waals surface area contributed by atoms with Crippen molar-refractivity contribution in [2.75, 3.05) is 7.05 Å². The fraction of sp³-hybridized carbons (Fsp3) is 0.600. The molecule has 0 radical (unpaired) electrons. The number of hydrogen-bond acceptors (Lipinski definition) is 1. The summed E-state index contributed by atoms with van der Waals surface area (Å²) in [7, 11) is 2.03. The highest BCUT2D eigenvalue weighted by Crippen LogP contribution is 2.26. The molecule has 0 saturated heterocycles. The molecular weight excluding hydrogens is 265 g/mol. The Hall–Kier alpha value is -0.240. The van der Waals surface area contributed by atoms with Crippen molar-refractivity contribution >= 4 is 23.2 Å². The quantitative estimate of drug-likeness (QED) is 0.808. The Bertz CT molecular complexity index is 383. The van der Waals surface area contributed by atoms with Gasteiger partial charge in [0.25, 0.3) is 0 Å². The minimum Gasteiger partial charge on any atom is -0.316 e. The second-order valence-electron chi connectivity index (χ2n) is 5.84. The van der Waals surface area contributed by atoms with Crippen molar-refractivity contribution in [2.24, 2.45) is 5.41 Å². The molecule has 1 rings (SSSR count). The van der Waals surface area contributed by atoms with Crippen molar-refractivity contribution in [1.82, 2.24) is 5.32 Å². The van der Waals surface area contributed by atoms with Gasteiger partial charge in [-0.1, -0.05) is 44.0 Å². The molecule has 18 heavy (non-hydrogen) atoms. The van der Waals surface area contributed by atoms with Crippen LogP contribution < -0.4 is 5.32 Å². The normalized spacial score (nSPS) is 13.7. The lowest BCUT2D eigenvalue weighted by Gasteiger charge is -2.30. The monoisotopic (exact) mass is 287 g/mol. The Labute approximate surface area is 121 Å². The van der Waals surface area contributed by atoms with Crippen LogP contribution in [0.5, 0.6) is 0 Å². The summed E-state index contributed by atoms with van der Waals surface area (Å²) in [6.07, 6.45) is 3.24. The van der Waals surface area contributed by atoms with Gasteiger partial charge < -0.3 is 5.32 Å². The standard InChI is InChI=1S/C15H23Cl2N/c1-15(2,3)14(18-4)7-5-6-11-10-12(16)8-9-13(11)17/h8-10,14,18H,5-7H2,1-4H3. The van der Waals surface area contributed by atoms with Crippen LogP contribution in [-0.4, -0.2) is 13.1 Å². The van der Waals surface area contributed by atoms with Gasteiger partial charge in [-0.3, -0.25) is 0 Å². The van der Waals surface area contributed by atoms with Crippen LogP contribution in [0.15, 0.2) is 18.2 Å². The zero-order valence-electron chi connectivity index (χ0n) is 11.7. The van der Waals surface area contributed by atoms with Gasteiger partial charge in [-0.05, 0) is 55.5 Å². The Kier molecular flexibility index (Phi) is 5.97. The molecule has 1 aromatic carbocycles. The maximum Gasteiger partial charge on any atom is 0.0439 e. The van der Waals surface area contributed by atoms with Crippen LogP contribution in [0.4, 0.5) is 0 Å². The second kappa shape index (κ2) is 6.79. The van der Waals surface area contributed by atoms with E-state index in [2.05, 4.69) is 26.1 Å². The lowest BCUT2D eigenvalue weighted by molar-refractivity contribution is 0.263. The van der Waals surface area contributed by atoms with E-state index in [1.807, 2.05) is 25.2 Å². The second-order valence-corrected chi connectivity index (χ2v) is 6.68. The molecule has 1 aromatic rings. The van der Waals surface area contributed by atoms with E-state index in [4.69, 9.17) is 23.2 Å². The van der Waals surface area contributed by atoms with Gasteiger partial charge in [-0.2, -0.15) is 0 Å². The maximum atomic E-state index is 6.16. The molecule has 0 saturated carbocycles. The van der Waals surface area contributed by atoms with E-state index in [-0.39, 0.29) is 5.41 Å². The van der Waals surface area contributed by atoms with E-state index in [1.165, 1.54) is 0 Å². The molecule has 3 heteroatoms. The van der Waals surface area contributed by atoms with Gasteiger partial charge in [0.1, 0.15) is 0 Å². The van der Waals surface area contributed by atoms with Gasteiger partial charge >= 0.3 is 0 Å². The third kappa shape index (κ3) is 4.79. The molecule has 0 aliphatic rings. The Morgan fingerprint density at radius 2 is 1.89 bits per heavy atom. The zero-order chi connectivity index (χ0) is 13.8. The number of nitrogens with one attached hydrogen (secondary N) is 1. The number of hydrogen-bond donors (Lipinski definition) is 1. The molecule has 0 fully saturated rings. The first-order valence-corrected chi connectivity index (χ1v) is 7.21. The maximum absolute atomic E-state index is 6.16. The first-order valence-electron chi connectivity index (χ1n) is 6.46. The Morgan fingerprint density at radius 1 is 1.22 bits per heavy atom. The van der Waals surface area contributed by atoms with Gasteiger partial charge in [-0.25, -0.2) is 0 Å². The summed E-state index contributed by atoms with van der Waals surface area (Å²) in [5.41, 5.74) is 1.43. The predicted octanol–water partition coefficient (Wildman–Crippen LogP) is 4.95. The minimum absolute atomic E-state index is 0.285. The van der Waals surface area contributed by atoms with E-state index in [1.54, 1.807) is 0 Å². The number of benzene rings is 1. The summed E-state index contributed by atoms with van der Waals surface area (Å²) in [6.45, 7) is 6.79. The van der Waals surface area contributed by atoms with E-state index in [0.29, 0.717) is 6.04 Å². The molecular formula is C15H23Cl2N. The minimum atomic E-state index is 0.285. The Morgan fingerprint density at radius 3 is 2.44 bits per heavy atom. The molecule has 0 amide bonds. The summed E-state index contributed by atoms with van der Waals surface area (Å²) in [5, 5.41) is 4.97. The van der Waals surface area contributed by atoms with Crippen molar-refractivity contribution in [3.8, 4) is 0 Å². The molecule has 0 heterocycles. The van der Waals surface area contributed by atoms with Crippen molar-refractivity contribution in [1.29, 1.82) is 0 Å². The molecule has 1 N–H and O–H groups in total. The average Bonchev–Trinajstić information content (AvgIpc) is 2.27. The highest BCUT2D eigenvalue weighted by Gasteiger charge is 2.22. The van der Waals surface area contributed by atoms with Gasteiger partial charge in [0.05, 0.1) is 0 Å². The van der Waals surface area contributed by atoms with Gasteiger partial charge in [0.15, 0.2) is 0 Å².